The van der Waals surface area contributed by atoms with E-state index in [1.54, 1.807) is 14.2 Å². The quantitative estimate of drug-likeness (QED) is 0.298. The van der Waals surface area contributed by atoms with Crippen LogP contribution >= 0.6 is 0 Å². The highest BCUT2D eigenvalue weighted by Gasteiger charge is 2.26. The molecule has 3 N–H and O–H groups in total. The molecule has 1 aliphatic rings. The van der Waals surface area contributed by atoms with Gasteiger partial charge in [-0.2, -0.15) is 0 Å². The number of imidazole rings is 1. The van der Waals surface area contributed by atoms with Crippen LogP contribution in [0.2, 0.25) is 0 Å². The van der Waals surface area contributed by atoms with Gasteiger partial charge in [0.2, 0.25) is 0 Å². The number of methoxy groups -OCH3 is 2. The maximum atomic E-state index is 13.4. The van der Waals surface area contributed by atoms with Crippen LogP contribution in [0.1, 0.15) is 53.6 Å². The molecule has 0 saturated heterocycles. The summed E-state index contributed by atoms with van der Waals surface area (Å²) in [6, 6.07) is 13.6. The lowest BCUT2D eigenvalue weighted by molar-refractivity contribution is 0.101. The first-order valence-corrected chi connectivity index (χ1v) is 13.6. The second kappa shape index (κ2) is 10.3. The number of anilines is 1. The molecule has 9 nitrogen and oxygen atoms in total. The summed E-state index contributed by atoms with van der Waals surface area (Å²) in [5, 5.41) is 3.91. The van der Waals surface area contributed by atoms with Crippen LogP contribution in [-0.2, 0) is 7.05 Å². The van der Waals surface area contributed by atoms with Crippen molar-refractivity contribution < 1.29 is 14.3 Å². The Kier molecular flexibility index (Phi) is 6.67. The van der Waals surface area contributed by atoms with Crippen molar-refractivity contribution in [1.29, 1.82) is 0 Å². The molecule has 40 heavy (non-hydrogen) atoms. The van der Waals surface area contributed by atoms with Gasteiger partial charge in [-0.3, -0.25) is 14.2 Å². The molecule has 1 amide bonds. The molecule has 9 heteroatoms. The van der Waals surface area contributed by atoms with Crippen molar-refractivity contribution in [3.05, 3.63) is 72.1 Å². The number of carbonyl (C=O) groups excluding carboxylic acids is 1. The van der Waals surface area contributed by atoms with E-state index in [4.69, 9.17) is 20.2 Å². The van der Waals surface area contributed by atoms with Crippen LogP contribution in [0.25, 0.3) is 27.7 Å². The van der Waals surface area contributed by atoms with Gasteiger partial charge in [-0.05, 0) is 62.9 Å². The Labute approximate surface area is 232 Å². The number of ether oxygens (including phenoxy) is 2. The van der Waals surface area contributed by atoms with Crippen molar-refractivity contribution in [3.8, 4) is 22.8 Å². The van der Waals surface area contributed by atoms with Crippen LogP contribution < -0.4 is 20.5 Å². The molecule has 0 unspecified atom stereocenters. The molecule has 6 rings (SSSR count). The lowest BCUT2D eigenvalue weighted by Gasteiger charge is -2.25. The minimum absolute atomic E-state index is 0.239. The zero-order valence-corrected chi connectivity index (χ0v) is 23.3. The monoisotopic (exact) mass is 538 g/mol. The van der Waals surface area contributed by atoms with Crippen molar-refractivity contribution >= 4 is 28.0 Å². The van der Waals surface area contributed by atoms with Crippen molar-refractivity contribution in [2.45, 2.75) is 44.6 Å². The maximum absolute atomic E-state index is 13.4. The number of aromatic nitrogens is 4. The van der Waals surface area contributed by atoms with Crippen LogP contribution in [0.4, 0.5) is 5.69 Å². The summed E-state index contributed by atoms with van der Waals surface area (Å²) in [7, 11) is 5.10. The van der Waals surface area contributed by atoms with Crippen molar-refractivity contribution in [2.75, 3.05) is 19.5 Å². The third kappa shape index (κ3) is 4.36. The van der Waals surface area contributed by atoms with Crippen LogP contribution in [0.5, 0.6) is 11.5 Å². The van der Waals surface area contributed by atoms with E-state index in [2.05, 4.69) is 14.7 Å². The second-order valence-electron chi connectivity index (χ2n) is 10.5. The Balaban J connectivity index is 1.35. The van der Waals surface area contributed by atoms with E-state index in [1.165, 1.54) is 0 Å². The number of nitrogens with one attached hydrogen (secondary N) is 1. The number of benzene rings is 2. The first-order chi connectivity index (χ1) is 19.4. The minimum atomic E-state index is -0.239. The van der Waals surface area contributed by atoms with E-state index in [0.29, 0.717) is 23.0 Å². The second-order valence-corrected chi connectivity index (χ2v) is 10.5. The Hall–Kier alpha value is -4.37. The van der Waals surface area contributed by atoms with E-state index in [1.807, 2.05) is 73.4 Å². The predicted octanol–water partition coefficient (Wildman–Crippen LogP) is 5.45. The molecule has 5 aromatic rings. The van der Waals surface area contributed by atoms with Gasteiger partial charge < -0.3 is 25.1 Å². The Morgan fingerprint density at radius 2 is 1.82 bits per heavy atom. The number of hydrogen-bond donors (Lipinski definition) is 2. The average Bonchev–Trinajstić information content (AvgIpc) is 3.53. The van der Waals surface area contributed by atoms with E-state index >= 15 is 0 Å². The molecule has 0 atom stereocenters. The maximum Gasteiger partial charge on any atom is 0.272 e. The van der Waals surface area contributed by atoms with E-state index in [0.717, 1.165) is 70.6 Å². The van der Waals surface area contributed by atoms with E-state index in [9.17, 15) is 4.79 Å². The topological polar surface area (TPSA) is 109 Å². The van der Waals surface area contributed by atoms with E-state index < -0.39 is 0 Å². The minimum Gasteiger partial charge on any atom is -0.496 e. The number of amides is 1. The number of rotatable bonds is 6. The summed E-state index contributed by atoms with van der Waals surface area (Å²) in [6.45, 7) is 2.01. The Morgan fingerprint density at radius 1 is 1.05 bits per heavy atom. The van der Waals surface area contributed by atoms with Crippen molar-refractivity contribution in [2.24, 2.45) is 12.8 Å². The molecule has 0 radical (unpaired) electrons. The highest BCUT2D eigenvalue weighted by atomic mass is 16.5. The van der Waals surface area contributed by atoms with Gasteiger partial charge in [-0.1, -0.05) is 12.1 Å². The fourth-order valence-electron chi connectivity index (χ4n) is 5.94. The zero-order valence-electron chi connectivity index (χ0n) is 23.3. The molecule has 0 bridgehead atoms. The smallest absolute Gasteiger partial charge is 0.272 e. The van der Waals surface area contributed by atoms with Crippen LogP contribution in [0, 0.1) is 6.92 Å². The van der Waals surface area contributed by atoms with Crippen molar-refractivity contribution in [3.63, 3.8) is 0 Å². The van der Waals surface area contributed by atoms with Gasteiger partial charge in [0.05, 0.1) is 42.3 Å². The lowest BCUT2D eigenvalue weighted by Crippen LogP contribution is -2.26. The Bertz CT molecular complexity index is 1730. The van der Waals surface area contributed by atoms with Crippen LogP contribution in [-0.4, -0.2) is 45.1 Å². The van der Waals surface area contributed by atoms with Gasteiger partial charge in [0.25, 0.3) is 5.91 Å². The molecular weight excluding hydrogens is 504 g/mol. The molecule has 0 aliphatic heterocycles. The molecule has 1 aliphatic carbocycles. The van der Waals surface area contributed by atoms with Crippen LogP contribution in [0.3, 0.4) is 0 Å². The van der Waals surface area contributed by atoms with Gasteiger partial charge in [0.1, 0.15) is 23.0 Å². The number of carbonyl (C=O) groups is 1. The number of nitrogens with two attached hydrogens (primary N) is 1. The highest BCUT2D eigenvalue weighted by Crippen LogP contribution is 2.38. The summed E-state index contributed by atoms with van der Waals surface area (Å²) in [5.41, 5.74) is 11.8. The Morgan fingerprint density at radius 3 is 2.58 bits per heavy atom. The summed E-state index contributed by atoms with van der Waals surface area (Å²) in [5.74, 6) is 2.43. The molecule has 1 fully saturated rings. The first kappa shape index (κ1) is 25.9. The van der Waals surface area contributed by atoms with Gasteiger partial charge in [-0.25, -0.2) is 4.98 Å². The fourth-order valence-corrected chi connectivity index (χ4v) is 5.94. The lowest BCUT2D eigenvalue weighted by atomic mass is 9.86. The molecule has 206 valence electrons. The predicted molar refractivity (Wildman–Crippen MR) is 156 cm³/mol. The highest BCUT2D eigenvalue weighted by molar-refractivity contribution is 6.08. The number of hydrogen-bond acceptors (Lipinski definition) is 6. The first-order valence-electron chi connectivity index (χ1n) is 13.6. The molecular formula is C31H34N6O3. The third-order valence-electron chi connectivity index (χ3n) is 8.12. The molecule has 0 spiro atoms. The van der Waals surface area contributed by atoms with Gasteiger partial charge in [0, 0.05) is 42.4 Å². The summed E-state index contributed by atoms with van der Waals surface area (Å²) < 4.78 is 15.3. The van der Waals surface area contributed by atoms with Gasteiger partial charge in [0.15, 0.2) is 0 Å². The SMILES string of the molecule is COc1cc(-c2nc([C@H]3CC[C@H](N)CC3)n3ccnc(C)c23)ccc1NC(=O)c1cc2c(OC)cccc2n1C. The molecule has 1 saturated carbocycles. The summed E-state index contributed by atoms with van der Waals surface area (Å²) in [4.78, 5) is 23.1. The average molecular weight is 539 g/mol. The van der Waals surface area contributed by atoms with Gasteiger partial charge >= 0.3 is 0 Å². The third-order valence-corrected chi connectivity index (χ3v) is 8.12. The number of nitrogens with zero attached hydrogens (tertiary/aromatic N) is 4. The standard InChI is InChI=1S/C31H34N6O3/c1-18-29-28(35-30(37(29)15-14-33-18)19-8-11-21(32)12-9-19)20-10-13-23(27(16-20)40-4)34-31(38)25-17-22-24(36(25)2)6-5-7-26(22)39-3/h5-7,10,13-17,19,21H,8-9,11-12,32H2,1-4H3,(H,34,38)/t19-,21-. The van der Waals surface area contributed by atoms with Crippen LogP contribution in [0.15, 0.2) is 54.9 Å². The number of fused-ring (bicyclic) bond motifs is 2. The largest absolute Gasteiger partial charge is 0.496 e. The zero-order chi connectivity index (χ0) is 28.0. The summed E-state index contributed by atoms with van der Waals surface area (Å²) in [6.07, 6.45) is 7.88. The number of aryl methyl sites for hydroxylation is 2. The van der Waals surface area contributed by atoms with E-state index in [-0.39, 0.29) is 11.9 Å². The molecule has 3 heterocycles. The normalized spacial score (nSPS) is 17.3. The van der Waals surface area contributed by atoms with Gasteiger partial charge in [-0.15, -0.1) is 0 Å². The fraction of sp³-hybridized carbons (Fsp3) is 0.323. The summed E-state index contributed by atoms with van der Waals surface area (Å²) >= 11 is 0. The van der Waals surface area contributed by atoms with Crippen molar-refractivity contribution in [1.82, 2.24) is 18.9 Å². The molecule has 3 aromatic heterocycles. The molecule has 2 aromatic carbocycles.